The smallest absolute Gasteiger partial charge is 0.309 e. The normalized spacial score (nSPS) is 39.2. The van der Waals surface area contributed by atoms with Crippen molar-refractivity contribution in [3.8, 4) is 0 Å². The van der Waals surface area contributed by atoms with E-state index in [-0.39, 0.29) is 10.8 Å². The van der Waals surface area contributed by atoms with Crippen LogP contribution in [-0.4, -0.2) is 46.1 Å². The lowest BCUT2D eigenvalue weighted by Crippen LogP contribution is -2.47. The van der Waals surface area contributed by atoms with E-state index in [1.54, 1.807) is 0 Å². The fraction of sp³-hybridized carbons (Fsp3) is 0.941. The molecule has 0 amide bonds. The Kier molecular flexibility index (Phi) is 4.90. The second kappa shape index (κ2) is 6.75. The molecule has 3 aliphatic rings. The van der Waals surface area contributed by atoms with E-state index in [9.17, 15) is 20.0 Å². The number of likely N-dealkylation sites (tertiary alicyclic amines) is 1. The van der Waals surface area contributed by atoms with Gasteiger partial charge in [-0.05, 0) is 70.4 Å². The monoisotopic (exact) mass is 324 g/mol. The van der Waals surface area contributed by atoms with E-state index < -0.39 is 17.4 Å². The van der Waals surface area contributed by atoms with E-state index >= 15 is 0 Å². The fourth-order valence-electron chi connectivity index (χ4n) is 5.23. The largest absolute Gasteiger partial charge is 0.481 e. The molecule has 0 spiro atoms. The topological polar surface area (TPSA) is 83.7 Å². The molecule has 6 heteroatoms. The minimum atomic E-state index is -0.719. The Balaban J connectivity index is 1.62. The summed E-state index contributed by atoms with van der Waals surface area (Å²) in [5.41, 5.74) is -0.706. The summed E-state index contributed by atoms with van der Waals surface area (Å²) in [5.74, 6) is -0.518. The maximum atomic E-state index is 12.0. The zero-order valence-corrected chi connectivity index (χ0v) is 13.8. The lowest BCUT2D eigenvalue weighted by atomic mass is 9.60. The molecule has 23 heavy (non-hydrogen) atoms. The van der Waals surface area contributed by atoms with Gasteiger partial charge in [-0.1, -0.05) is 0 Å². The van der Waals surface area contributed by atoms with E-state index in [1.165, 1.54) is 25.9 Å². The summed E-state index contributed by atoms with van der Waals surface area (Å²) in [6.07, 6.45) is 8.52. The third-order valence-electron chi connectivity index (χ3n) is 6.71. The molecule has 0 radical (unpaired) electrons. The second-order valence-electron chi connectivity index (χ2n) is 7.73. The Hall–Kier alpha value is -1.17. The number of carboxylic acid groups (broad SMARTS) is 1. The van der Waals surface area contributed by atoms with Crippen molar-refractivity contribution in [1.29, 1.82) is 0 Å². The maximum Gasteiger partial charge on any atom is 0.309 e. The van der Waals surface area contributed by atoms with Crippen LogP contribution in [0.15, 0.2) is 0 Å². The second-order valence-corrected chi connectivity index (χ2v) is 7.73. The highest BCUT2D eigenvalue weighted by Gasteiger charge is 2.50. The molecule has 130 valence electrons. The van der Waals surface area contributed by atoms with E-state index in [1.807, 2.05) is 0 Å². The zero-order chi connectivity index (χ0) is 16.4. The molecule has 1 N–H and O–H groups in total. The first-order chi connectivity index (χ1) is 11.0. The number of rotatable bonds is 4. The molecule has 0 atom stereocenters. The zero-order valence-electron chi connectivity index (χ0n) is 13.8. The van der Waals surface area contributed by atoms with Gasteiger partial charge in [-0.15, -0.1) is 0 Å². The quantitative estimate of drug-likeness (QED) is 0.635. The first-order valence-corrected chi connectivity index (χ1v) is 9.14. The predicted molar refractivity (Wildman–Crippen MR) is 85.9 cm³/mol. The molecule has 0 unspecified atom stereocenters. The molecule has 1 saturated heterocycles. The number of carbonyl (C=O) groups is 1. The van der Waals surface area contributed by atoms with E-state index in [2.05, 4.69) is 4.90 Å². The van der Waals surface area contributed by atoms with Gasteiger partial charge in [0.1, 0.15) is 0 Å². The van der Waals surface area contributed by atoms with Crippen LogP contribution in [-0.2, 0) is 4.79 Å². The summed E-state index contributed by atoms with van der Waals surface area (Å²) in [5, 5.41) is 20.8. The molecule has 3 fully saturated rings. The van der Waals surface area contributed by atoms with Gasteiger partial charge in [0, 0.05) is 23.8 Å². The molecule has 6 nitrogen and oxygen atoms in total. The van der Waals surface area contributed by atoms with Crippen LogP contribution >= 0.6 is 0 Å². The highest BCUT2D eigenvalue weighted by Crippen LogP contribution is 2.49. The molecule has 0 bridgehead atoms. The van der Waals surface area contributed by atoms with Crippen molar-refractivity contribution in [2.75, 3.05) is 13.1 Å². The molecule has 1 heterocycles. The minimum Gasteiger partial charge on any atom is -0.481 e. The van der Waals surface area contributed by atoms with E-state index in [4.69, 9.17) is 0 Å². The molecular weight excluding hydrogens is 296 g/mol. The summed E-state index contributed by atoms with van der Waals surface area (Å²) in [4.78, 5) is 25.3. The third kappa shape index (κ3) is 3.23. The average Bonchev–Trinajstić information content (AvgIpc) is 3.09. The molecule has 3 rings (SSSR count). The van der Waals surface area contributed by atoms with Gasteiger partial charge in [-0.25, -0.2) is 0 Å². The van der Waals surface area contributed by atoms with Gasteiger partial charge in [0.15, 0.2) is 0 Å². The van der Waals surface area contributed by atoms with Crippen LogP contribution in [0.25, 0.3) is 0 Å². The van der Waals surface area contributed by atoms with Crippen LogP contribution in [0, 0.1) is 21.4 Å². The van der Waals surface area contributed by atoms with Crippen molar-refractivity contribution < 1.29 is 14.8 Å². The first kappa shape index (κ1) is 16.7. The summed E-state index contributed by atoms with van der Waals surface area (Å²) in [7, 11) is 0. The fourth-order valence-corrected chi connectivity index (χ4v) is 5.23. The number of hydrogen-bond acceptors (Lipinski definition) is 4. The molecule has 2 saturated carbocycles. The van der Waals surface area contributed by atoms with Gasteiger partial charge in [0.25, 0.3) is 0 Å². The van der Waals surface area contributed by atoms with Crippen LogP contribution in [0.2, 0.25) is 0 Å². The van der Waals surface area contributed by atoms with Crippen LogP contribution in [0.3, 0.4) is 0 Å². The Morgan fingerprint density at radius 1 is 1.04 bits per heavy atom. The van der Waals surface area contributed by atoms with Crippen LogP contribution in [0.1, 0.15) is 64.2 Å². The summed E-state index contributed by atoms with van der Waals surface area (Å²) in [6.45, 7) is 2.40. The van der Waals surface area contributed by atoms with Gasteiger partial charge < -0.3 is 10.0 Å². The van der Waals surface area contributed by atoms with Crippen molar-refractivity contribution >= 4 is 5.97 Å². The highest BCUT2D eigenvalue weighted by molar-refractivity contribution is 5.75. The number of hydrogen-bond donors (Lipinski definition) is 1. The third-order valence-corrected chi connectivity index (χ3v) is 6.71. The summed E-state index contributed by atoms with van der Waals surface area (Å²) >= 11 is 0. The van der Waals surface area contributed by atoms with Gasteiger partial charge in [-0.3, -0.25) is 14.9 Å². The van der Waals surface area contributed by atoms with Crippen LogP contribution in [0.5, 0.6) is 0 Å². The number of nitro groups is 1. The maximum absolute atomic E-state index is 12.0. The molecular formula is C17H28N2O4. The Morgan fingerprint density at radius 2 is 1.61 bits per heavy atom. The minimum absolute atomic E-state index is 0.201. The van der Waals surface area contributed by atoms with Gasteiger partial charge in [0.2, 0.25) is 6.04 Å². The van der Waals surface area contributed by atoms with Crippen LogP contribution in [0.4, 0.5) is 0 Å². The molecule has 2 aliphatic carbocycles. The lowest BCUT2D eigenvalue weighted by molar-refractivity contribution is -0.527. The lowest BCUT2D eigenvalue weighted by Gasteiger charge is -2.44. The Labute approximate surface area is 137 Å². The van der Waals surface area contributed by atoms with Gasteiger partial charge >= 0.3 is 5.97 Å². The van der Waals surface area contributed by atoms with Gasteiger partial charge in [0.05, 0.1) is 5.41 Å². The van der Waals surface area contributed by atoms with Crippen molar-refractivity contribution in [2.24, 2.45) is 11.3 Å². The molecule has 1 aliphatic heterocycles. The van der Waals surface area contributed by atoms with Crippen molar-refractivity contribution in [3.63, 3.8) is 0 Å². The molecule has 0 aromatic carbocycles. The summed E-state index contributed by atoms with van der Waals surface area (Å²) in [6, 6.07) is 0.0955. The number of nitrogens with zero attached hydrogens (tertiary/aromatic N) is 2. The molecule has 0 aromatic rings. The van der Waals surface area contributed by atoms with E-state index in [0.29, 0.717) is 31.7 Å². The summed E-state index contributed by atoms with van der Waals surface area (Å²) < 4.78 is 0. The Bertz CT molecular complexity index is 446. The average molecular weight is 324 g/mol. The first-order valence-electron chi connectivity index (χ1n) is 9.14. The van der Waals surface area contributed by atoms with Gasteiger partial charge in [-0.2, -0.15) is 0 Å². The van der Waals surface area contributed by atoms with Crippen molar-refractivity contribution in [2.45, 2.75) is 76.3 Å². The number of aliphatic carboxylic acids is 1. The van der Waals surface area contributed by atoms with E-state index in [0.717, 1.165) is 25.7 Å². The van der Waals surface area contributed by atoms with Crippen molar-refractivity contribution in [1.82, 2.24) is 4.90 Å². The van der Waals surface area contributed by atoms with Crippen LogP contribution < -0.4 is 0 Å². The van der Waals surface area contributed by atoms with Crippen molar-refractivity contribution in [3.05, 3.63) is 10.1 Å². The SMILES string of the molecule is O=C(O)C1(C2CCC(N3CCCC3)CC2)CCC([N+](=O)[O-])CC1. The number of carboxylic acids is 1. The standard InChI is InChI=1S/C17H28N2O4/c20-16(21)17(9-7-15(8-10-17)19(22)23)13-3-5-14(6-4-13)18-11-1-2-12-18/h13-15H,1-12H2,(H,20,21). The predicted octanol–water partition coefficient (Wildman–Crippen LogP) is 2.93. The highest BCUT2D eigenvalue weighted by atomic mass is 16.6. The molecule has 0 aromatic heterocycles. The Morgan fingerprint density at radius 3 is 2.09 bits per heavy atom.